The van der Waals surface area contributed by atoms with Crippen LogP contribution in [0.15, 0.2) is 23.1 Å². The summed E-state index contributed by atoms with van der Waals surface area (Å²) in [4.78, 5) is 23.4. The summed E-state index contributed by atoms with van der Waals surface area (Å²) < 4.78 is 12.4. The summed E-state index contributed by atoms with van der Waals surface area (Å²) in [6.45, 7) is 4.79. The first kappa shape index (κ1) is 14.4. The van der Waals surface area contributed by atoms with Gasteiger partial charge in [-0.05, 0) is 6.92 Å². The molecular weight excluding hydrogens is 258 g/mol. The van der Waals surface area contributed by atoms with Crippen LogP contribution in [0, 0.1) is 0 Å². The SMILES string of the molecule is CCC1(C)OC(=O)C(=C(O)/C=C(/C)NS)C(=O)O1. The molecule has 1 saturated heterocycles. The number of cyclic esters (lactones) is 2. The van der Waals surface area contributed by atoms with E-state index in [1.54, 1.807) is 13.8 Å². The van der Waals surface area contributed by atoms with E-state index in [9.17, 15) is 14.7 Å². The average Bonchev–Trinajstić information content (AvgIpc) is 2.27. The minimum Gasteiger partial charge on any atom is -0.507 e. The molecule has 0 amide bonds. The van der Waals surface area contributed by atoms with Gasteiger partial charge in [-0.15, -0.1) is 0 Å². The number of rotatable bonds is 3. The maximum absolute atomic E-state index is 11.7. The molecular formula is C11H15NO5S. The lowest BCUT2D eigenvalue weighted by atomic mass is 10.1. The lowest BCUT2D eigenvalue weighted by molar-refractivity contribution is -0.229. The topological polar surface area (TPSA) is 84.9 Å². The van der Waals surface area contributed by atoms with Crippen molar-refractivity contribution in [3.05, 3.63) is 23.1 Å². The normalized spacial score (nSPS) is 24.4. The maximum Gasteiger partial charge on any atom is 0.352 e. The molecule has 7 heteroatoms. The van der Waals surface area contributed by atoms with Gasteiger partial charge < -0.3 is 19.3 Å². The molecule has 1 rings (SSSR count). The van der Waals surface area contributed by atoms with Gasteiger partial charge in [-0.1, -0.05) is 19.7 Å². The highest BCUT2D eigenvalue weighted by molar-refractivity contribution is 7.78. The first-order chi connectivity index (χ1) is 8.33. The molecule has 100 valence electrons. The minimum atomic E-state index is -1.28. The van der Waals surface area contributed by atoms with Crippen molar-refractivity contribution in [2.24, 2.45) is 0 Å². The monoisotopic (exact) mass is 273 g/mol. The molecule has 1 aliphatic rings. The standard InChI is InChI=1S/C11H15NO5S/c1-4-11(3)16-9(14)8(10(15)17-11)7(13)5-6(2)12-18/h5,12-13,18H,4H2,1-3H3/b6-5-,8-7?. The summed E-state index contributed by atoms with van der Waals surface area (Å²) in [5.74, 6) is -3.62. The van der Waals surface area contributed by atoms with Gasteiger partial charge in [0.2, 0.25) is 0 Å². The Morgan fingerprint density at radius 2 is 1.94 bits per heavy atom. The highest BCUT2D eigenvalue weighted by Gasteiger charge is 2.42. The molecule has 18 heavy (non-hydrogen) atoms. The van der Waals surface area contributed by atoms with Crippen molar-refractivity contribution < 1.29 is 24.2 Å². The smallest absolute Gasteiger partial charge is 0.352 e. The van der Waals surface area contributed by atoms with E-state index < -0.39 is 29.1 Å². The van der Waals surface area contributed by atoms with Crippen LogP contribution >= 0.6 is 12.8 Å². The third kappa shape index (κ3) is 2.98. The third-order valence-corrected chi connectivity index (χ3v) is 2.81. The molecule has 0 saturated carbocycles. The number of hydrogen-bond acceptors (Lipinski definition) is 7. The summed E-state index contributed by atoms with van der Waals surface area (Å²) in [7, 11) is 0. The lowest BCUT2D eigenvalue weighted by Gasteiger charge is -2.32. The van der Waals surface area contributed by atoms with Crippen LogP contribution in [0.3, 0.4) is 0 Å². The van der Waals surface area contributed by atoms with Crippen molar-refractivity contribution in [1.29, 1.82) is 0 Å². The second-order valence-electron chi connectivity index (χ2n) is 3.97. The number of nitrogens with one attached hydrogen (secondary N) is 1. The van der Waals surface area contributed by atoms with Crippen LogP contribution in [-0.2, 0) is 19.1 Å². The van der Waals surface area contributed by atoms with Crippen LogP contribution in [0.2, 0.25) is 0 Å². The van der Waals surface area contributed by atoms with Crippen LogP contribution in [0.4, 0.5) is 0 Å². The maximum atomic E-state index is 11.7. The summed E-state index contributed by atoms with van der Waals surface area (Å²) in [6, 6.07) is 0. The third-order valence-electron chi connectivity index (χ3n) is 2.45. The Kier molecular flexibility index (Phi) is 4.28. The van der Waals surface area contributed by atoms with E-state index in [0.29, 0.717) is 12.1 Å². The molecule has 1 fully saturated rings. The van der Waals surface area contributed by atoms with E-state index in [-0.39, 0.29) is 0 Å². The van der Waals surface area contributed by atoms with Crippen LogP contribution in [0.25, 0.3) is 0 Å². The molecule has 6 nitrogen and oxygen atoms in total. The van der Waals surface area contributed by atoms with Crippen LogP contribution < -0.4 is 4.72 Å². The number of carbonyl (C=O) groups is 2. The summed E-state index contributed by atoms with van der Waals surface area (Å²) in [6.07, 6.45) is 1.51. The highest BCUT2D eigenvalue weighted by Crippen LogP contribution is 2.27. The van der Waals surface area contributed by atoms with Gasteiger partial charge in [0.25, 0.3) is 5.79 Å². The Balaban J connectivity index is 3.10. The number of esters is 2. The summed E-state index contributed by atoms with van der Waals surface area (Å²) in [5, 5.41) is 9.69. The predicted octanol–water partition coefficient (Wildman–Crippen LogP) is 1.36. The molecule has 0 spiro atoms. The zero-order valence-electron chi connectivity index (χ0n) is 10.3. The van der Waals surface area contributed by atoms with E-state index in [2.05, 4.69) is 17.5 Å². The van der Waals surface area contributed by atoms with Crippen LogP contribution in [0.5, 0.6) is 0 Å². The van der Waals surface area contributed by atoms with Gasteiger partial charge in [-0.2, -0.15) is 0 Å². The fourth-order valence-corrected chi connectivity index (χ4v) is 1.33. The largest absolute Gasteiger partial charge is 0.507 e. The molecule has 0 bridgehead atoms. The molecule has 0 unspecified atom stereocenters. The van der Waals surface area contributed by atoms with Crippen LogP contribution in [0.1, 0.15) is 27.2 Å². The summed E-state index contributed by atoms with van der Waals surface area (Å²) >= 11 is 3.76. The summed E-state index contributed by atoms with van der Waals surface area (Å²) in [5.41, 5.74) is -0.0726. The van der Waals surface area contributed by atoms with Gasteiger partial charge in [0.1, 0.15) is 5.76 Å². The molecule has 0 aromatic rings. The highest BCUT2D eigenvalue weighted by atomic mass is 32.1. The first-order valence-electron chi connectivity index (χ1n) is 5.31. The van der Waals surface area contributed by atoms with E-state index >= 15 is 0 Å². The number of aliphatic hydroxyl groups is 1. The van der Waals surface area contributed by atoms with Crippen molar-refractivity contribution in [3.8, 4) is 0 Å². The number of thiol groups is 1. The van der Waals surface area contributed by atoms with Crippen molar-refractivity contribution in [2.45, 2.75) is 33.0 Å². The van der Waals surface area contributed by atoms with Gasteiger partial charge in [0, 0.05) is 25.1 Å². The fourth-order valence-electron chi connectivity index (χ4n) is 1.26. The van der Waals surface area contributed by atoms with Crippen molar-refractivity contribution >= 4 is 24.8 Å². The Labute approximate surface area is 110 Å². The van der Waals surface area contributed by atoms with Gasteiger partial charge >= 0.3 is 11.9 Å². The molecule has 0 aromatic carbocycles. The quantitative estimate of drug-likeness (QED) is 0.237. The molecule has 1 aliphatic heterocycles. The van der Waals surface area contributed by atoms with Gasteiger partial charge in [-0.3, -0.25) is 0 Å². The van der Waals surface area contributed by atoms with Crippen molar-refractivity contribution in [1.82, 2.24) is 4.72 Å². The number of allylic oxidation sites excluding steroid dienone is 2. The average molecular weight is 273 g/mol. The molecule has 0 aliphatic carbocycles. The van der Waals surface area contributed by atoms with E-state index in [4.69, 9.17) is 9.47 Å². The Morgan fingerprint density at radius 3 is 2.33 bits per heavy atom. The fraction of sp³-hybridized carbons (Fsp3) is 0.455. The molecule has 1 heterocycles. The zero-order chi connectivity index (χ0) is 13.9. The van der Waals surface area contributed by atoms with E-state index in [1.165, 1.54) is 13.0 Å². The first-order valence-corrected chi connectivity index (χ1v) is 5.76. The van der Waals surface area contributed by atoms with Gasteiger partial charge in [0.15, 0.2) is 5.57 Å². The number of aliphatic hydroxyl groups excluding tert-OH is 1. The molecule has 2 N–H and O–H groups in total. The van der Waals surface area contributed by atoms with Crippen LogP contribution in [-0.4, -0.2) is 22.8 Å². The zero-order valence-corrected chi connectivity index (χ0v) is 11.2. The Hall–Kier alpha value is -1.63. The number of carbonyl (C=O) groups excluding carboxylic acids is 2. The molecule has 0 radical (unpaired) electrons. The minimum absolute atomic E-state index is 0.325. The second-order valence-corrected chi connectivity index (χ2v) is 4.19. The Bertz CT molecular complexity index is 421. The van der Waals surface area contributed by atoms with E-state index in [0.717, 1.165) is 0 Å². The van der Waals surface area contributed by atoms with Gasteiger partial charge in [-0.25, -0.2) is 9.59 Å². The number of ether oxygens (including phenoxy) is 2. The van der Waals surface area contributed by atoms with Crippen molar-refractivity contribution in [2.75, 3.05) is 0 Å². The second kappa shape index (κ2) is 5.34. The molecule has 0 atom stereocenters. The predicted molar refractivity (Wildman–Crippen MR) is 66.4 cm³/mol. The Morgan fingerprint density at radius 1 is 1.44 bits per heavy atom. The lowest BCUT2D eigenvalue weighted by Crippen LogP contribution is -2.44. The van der Waals surface area contributed by atoms with Crippen molar-refractivity contribution in [3.63, 3.8) is 0 Å². The molecule has 0 aromatic heterocycles. The number of hydrogen-bond donors (Lipinski definition) is 3. The van der Waals surface area contributed by atoms with Gasteiger partial charge in [0.05, 0.1) is 0 Å². The van der Waals surface area contributed by atoms with E-state index in [1.807, 2.05) is 0 Å².